The SMILES string of the molecule is C=CCCCOc1ncc(F)cc1CN. The van der Waals surface area contributed by atoms with Crippen molar-refractivity contribution in [2.24, 2.45) is 5.73 Å². The lowest BCUT2D eigenvalue weighted by atomic mass is 10.2. The molecule has 3 nitrogen and oxygen atoms in total. The van der Waals surface area contributed by atoms with Crippen molar-refractivity contribution in [1.82, 2.24) is 4.98 Å². The molecule has 0 saturated carbocycles. The number of pyridine rings is 1. The number of ether oxygens (including phenoxy) is 1. The molecule has 0 unspecified atom stereocenters. The Morgan fingerprint density at radius 1 is 1.60 bits per heavy atom. The van der Waals surface area contributed by atoms with Crippen molar-refractivity contribution in [1.29, 1.82) is 0 Å². The maximum atomic E-state index is 12.8. The zero-order chi connectivity index (χ0) is 11.1. The fourth-order valence-electron chi connectivity index (χ4n) is 1.14. The molecule has 0 radical (unpaired) electrons. The predicted molar refractivity (Wildman–Crippen MR) is 57.0 cm³/mol. The standard InChI is InChI=1S/C11H15FN2O/c1-2-3-4-5-15-11-9(7-13)6-10(12)8-14-11/h2,6,8H,1,3-5,7,13H2. The Kier molecular flexibility index (Phi) is 4.77. The molecule has 0 aliphatic rings. The normalized spacial score (nSPS) is 10.0. The van der Waals surface area contributed by atoms with Crippen LogP contribution in [-0.2, 0) is 6.54 Å². The molecular weight excluding hydrogens is 195 g/mol. The van der Waals surface area contributed by atoms with Crippen molar-refractivity contribution in [3.05, 3.63) is 36.3 Å². The lowest BCUT2D eigenvalue weighted by molar-refractivity contribution is 0.296. The van der Waals surface area contributed by atoms with Gasteiger partial charge in [-0.15, -0.1) is 6.58 Å². The van der Waals surface area contributed by atoms with E-state index >= 15 is 0 Å². The summed E-state index contributed by atoms with van der Waals surface area (Å²) in [5.74, 6) is 0.0249. The van der Waals surface area contributed by atoms with Crippen LogP contribution in [0.25, 0.3) is 0 Å². The molecule has 1 aromatic heterocycles. The van der Waals surface area contributed by atoms with Crippen LogP contribution in [0.15, 0.2) is 24.9 Å². The van der Waals surface area contributed by atoms with Crippen LogP contribution < -0.4 is 10.5 Å². The maximum Gasteiger partial charge on any atom is 0.218 e. The summed E-state index contributed by atoms with van der Waals surface area (Å²) in [6.45, 7) is 4.37. The second-order valence-corrected chi connectivity index (χ2v) is 3.10. The molecule has 0 aromatic carbocycles. The largest absolute Gasteiger partial charge is 0.477 e. The van der Waals surface area contributed by atoms with Gasteiger partial charge in [0, 0.05) is 12.1 Å². The van der Waals surface area contributed by atoms with Crippen LogP contribution in [0, 0.1) is 5.82 Å². The third-order valence-electron chi connectivity index (χ3n) is 1.90. The monoisotopic (exact) mass is 210 g/mol. The minimum absolute atomic E-state index is 0.224. The van der Waals surface area contributed by atoms with Gasteiger partial charge in [0.05, 0.1) is 12.8 Å². The van der Waals surface area contributed by atoms with Crippen LogP contribution in [0.4, 0.5) is 4.39 Å². The van der Waals surface area contributed by atoms with Gasteiger partial charge < -0.3 is 10.5 Å². The number of aromatic nitrogens is 1. The number of allylic oxidation sites excluding steroid dienone is 1. The van der Waals surface area contributed by atoms with E-state index in [4.69, 9.17) is 10.5 Å². The van der Waals surface area contributed by atoms with Crippen LogP contribution in [0.3, 0.4) is 0 Å². The van der Waals surface area contributed by atoms with Crippen molar-refractivity contribution in [2.75, 3.05) is 6.61 Å². The Bertz CT molecular complexity index is 328. The lowest BCUT2D eigenvalue weighted by Gasteiger charge is -2.08. The third-order valence-corrected chi connectivity index (χ3v) is 1.90. The molecule has 0 saturated heterocycles. The topological polar surface area (TPSA) is 48.1 Å². The molecule has 15 heavy (non-hydrogen) atoms. The Morgan fingerprint density at radius 2 is 2.40 bits per heavy atom. The highest BCUT2D eigenvalue weighted by molar-refractivity contribution is 5.25. The van der Waals surface area contributed by atoms with Gasteiger partial charge in [-0.05, 0) is 18.9 Å². The van der Waals surface area contributed by atoms with Crippen molar-refractivity contribution >= 4 is 0 Å². The summed E-state index contributed by atoms with van der Waals surface area (Å²) in [6, 6.07) is 1.34. The molecule has 1 aromatic rings. The first-order chi connectivity index (χ1) is 7.27. The summed E-state index contributed by atoms with van der Waals surface area (Å²) in [5.41, 5.74) is 6.04. The number of hydrogen-bond acceptors (Lipinski definition) is 3. The fourth-order valence-corrected chi connectivity index (χ4v) is 1.14. The third kappa shape index (κ3) is 3.67. The molecule has 0 fully saturated rings. The number of nitrogens with zero attached hydrogens (tertiary/aromatic N) is 1. The van der Waals surface area contributed by atoms with Crippen LogP contribution >= 0.6 is 0 Å². The molecule has 0 spiro atoms. The summed E-state index contributed by atoms with van der Waals surface area (Å²) in [5, 5.41) is 0. The zero-order valence-electron chi connectivity index (χ0n) is 8.58. The average molecular weight is 210 g/mol. The first-order valence-corrected chi connectivity index (χ1v) is 4.86. The predicted octanol–water partition coefficient (Wildman–Crippen LogP) is 2.02. The minimum Gasteiger partial charge on any atom is -0.477 e. The van der Waals surface area contributed by atoms with Crippen LogP contribution in [0.1, 0.15) is 18.4 Å². The summed E-state index contributed by atoms with van der Waals surface area (Å²) in [4.78, 5) is 3.84. The highest BCUT2D eigenvalue weighted by Gasteiger charge is 2.04. The van der Waals surface area contributed by atoms with Crippen LogP contribution in [-0.4, -0.2) is 11.6 Å². The van der Waals surface area contributed by atoms with Gasteiger partial charge in [0.15, 0.2) is 0 Å². The van der Waals surface area contributed by atoms with E-state index in [1.54, 1.807) is 0 Å². The first-order valence-electron chi connectivity index (χ1n) is 4.86. The van der Waals surface area contributed by atoms with Gasteiger partial charge in [-0.1, -0.05) is 6.08 Å². The second kappa shape index (κ2) is 6.14. The summed E-state index contributed by atoms with van der Waals surface area (Å²) < 4.78 is 18.2. The molecule has 0 bridgehead atoms. The smallest absolute Gasteiger partial charge is 0.218 e. The maximum absolute atomic E-state index is 12.8. The van der Waals surface area contributed by atoms with Crippen LogP contribution in [0.2, 0.25) is 0 Å². The van der Waals surface area contributed by atoms with Gasteiger partial charge in [-0.25, -0.2) is 9.37 Å². The molecule has 0 amide bonds. The first kappa shape index (κ1) is 11.7. The summed E-state index contributed by atoms with van der Waals surface area (Å²) >= 11 is 0. The van der Waals surface area contributed by atoms with Gasteiger partial charge in [0.25, 0.3) is 0 Å². The van der Waals surface area contributed by atoms with Crippen molar-refractivity contribution in [3.63, 3.8) is 0 Å². The molecular formula is C11H15FN2O. The van der Waals surface area contributed by atoms with Gasteiger partial charge in [0.1, 0.15) is 5.82 Å². The molecule has 2 N–H and O–H groups in total. The Labute approximate surface area is 88.8 Å². The van der Waals surface area contributed by atoms with Crippen molar-refractivity contribution in [3.8, 4) is 5.88 Å². The molecule has 1 rings (SSSR count). The van der Waals surface area contributed by atoms with Crippen LogP contribution in [0.5, 0.6) is 5.88 Å². The fraction of sp³-hybridized carbons (Fsp3) is 0.364. The number of halogens is 1. The quantitative estimate of drug-likeness (QED) is 0.577. The van der Waals surface area contributed by atoms with Gasteiger partial charge >= 0.3 is 0 Å². The van der Waals surface area contributed by atoms with E-state index in [0.29, 0.717) is 18.1 Å². The molecule has 1 heterocycles. The Morgan fingerprint density at radius 3 is 3.07 bits per heavy atom. The summed E-state index contributed by atoms with van der Waals surface area (Å²) in [6.07, 6.45) is 4.71. The highest BCUT2D eigenvalue weighted by atomic mass is 19.1. The van der Waals surface area contributed by atoms with E-state index in [0.717, 1.165) is 19.0 Å². The van der Waals surface area contributed by atoms with Crippen molar-refractivity contribution < 1.29 is 9.13 Å². The van der Waals surface area contributed by atoms with E-state index in [2.05, 4.69) is 11.6 Å². The average Bonchev–Trinajstić information content (AvgIpc) is 2.26. The highest BCUT2D eigenvalue weighted by Crippen LogP contribution is 2.15. The van der Waals surface area contributed by atoms with Crippen molar-refractivity contribution in [2.45, 2.75) is 19.4 Å². The second-order valence-electron chi connectivity index (χ2n) is 3.10. The van der Waals surface area contributed by atoms with Gasteiger partial charge in [-0.3, -0.25) is 0 Å². The lowest BCUT2D eigenvalue weighted by Crippen LogP contribution is -2.06. The van der Waals surface area contributed by atoms with E-state index in [1.807, 2.05) is 6.08 Å². The van der Waals surface area contributed by atoms with Gasteiger partial charge in [-0.2, -0.15) is 0 Å². The Hall–Kier alpha value is -1.42. The Balaban J connectivity index is 2.55. The number of nitrogens with two attached hydrogens (primary N) is 1. The molecule has 0 atom stereocenters. The van der Waals surface area contributed by atoms with E-state index < -0.39 is 5.82 Å². The van der Waals surface area contributed by atoms with E-state index in [9.17, 15) is 4.39 Å². The number of rotatable bonds is 6. The molecule has 0 aliphatic carbocycles. The number of hydrogen-bond donors (Lipinski definition) is 1. The van der Waals surface area contributed by atoms with E-state index in [-0.39, 0.29) is 6.54 Å². The molecule has 82 valence electrons. The zero-order valence-corrected chi connectivity index (χ0v) is 8.58. The van der Waals surface area contributed by atoms with Gasteiger partial charge in [0.2, 0.25) is 5.88 Å². The van der Waals surface area contributed by atoms with E-state index in [1.165, 1.54) is 6.07 Å². The summed E-state index contributed by atoms with van der Waals surface area (Å²) in [7, 11) is 0. The number of unbranched alkanes of at least 4 members (excludes halogenated alkanes) is 1. The molecule has 4 heteroatoms. The molecule has 0 aliphatic heterocycles. The minimum atomic E-state index is -0.395.